The standard InChI is InChI=1S/C13H17N3/c14-9-13(5-1-2-6-13)11-8-16-12-10(11)4-3-7-15-12/h3-4,7-8H,1-2,5-6,9,14H2,(H,15,16). The third kappa shape index (κ3) is 1.28. The van der Waals surface area contributed by atoms with Gasteiger partial charge < -0.3 is 10.7 Å². The average Bonchev–Trinajstić information content (AvgIpc) is 2.96. The number of hydrogen-bond donors (Lipinski definition) is 2. The molecule has 2 aromatic rings. The van der Waals surface area contributed by atoms with Crippen molar-refractivity contribution in [3.05, 3.63) is 30.1 Å². The summed E-state index contributed by atoms with van der Waals surface area (Å²) in [5.41, 5.74) is 8.57. The fraction of sp³-hybridized carbons (Fsp3) is 0.462. The van der Waals surface area contributed by atoms with Crippen LogP contribution in [-0.4, -0.2) is 16.5 Å². The van der Waals surface area contributed by atoms with Gasteiger partial charge in [-0.2, -0.15) is 0 Å². The van der Waals surface area contributed by atoms with Gasteiger partial charge >= 0.3 is 0 Å². The maximum atomic E-state index is 6.02. The summed E-state index contributed by atoms with van der Waals surface area (Å²) in [4.78, 5) is 7.60. The molecule has 0 aromatic carbocycles. The molecule has 1 saturated carbocycles. The number of aromatic amines is 1. The molecule has 1 aliphatic carbocycles. The molecule has 0 bridgehead atoms. The molecule has 0 atom stereocenters. The van der Waals surface area contributed by atoms with E-state index in [-0.39, 0.29) is 5.41 Å². The molecule has 0 aliphatic heterocycles. The number of rotatable bonds is 2. The summed E-state index contributed by atoms with van der Waals surface area (Å²) in [6, 6.07) is 4.14. The van der Waals surface area contributed by atoms with Crippen molar-refractivity contribution in [2.24, 2.45) is 5.73 Å². The van der Waals surface area contributed by atoms with Crippen LogP contribution in [0.3, 0.4) is 0 Å². The van der Waals surface area contributed by atoms with Gasteiger partial charge in [-0.05, 0) is 30.5 Å². The number of nitrogens with two attached hydrogens (primary N) is 1. The topological polar surface area (TPSA) is 54.7 Å². The number of nitrogens with zero attached hydrogens (tertiary/aromatic N) is 1. The predicted molar refractivity (Wildman–Crippen MR) is 65.3 cm³/mol. The minimum absolute atomic E-state index is 0.196. The summed E-state index contributed by atoms with van der Waals surface area (Å²) < 4.78 is 0. The van der Waals surface area contributed by atoms with Gasteiger partial charge in [0.1, 0.15) is 5.65 Å². The van der Waals surface area contributed by atoms with Gasteiger partial charge in [0.15, 0.2) is 0 Å². The lowest BCUT2D eigenvalue weighted by molar-refractivity contribution is 0.457. The minimum Gasteiger partial charge on any atom is -0.346 e. The van der Waals surface area contributed by atoms with Gasteiger partial charge in [-0.3, -0.25) is 0 Å². The summed E-state index contributed by atoms with van der Waals surface area (Å²) in [5.74, 6) is 0. The first-order valence-corrected chi connectivity index (χ1v) is 5.98. The lowest BCUT2D eigenvalue weighted by Gasteiger charge is -2.26. The van der Waals surface area contributed by atoms with Gasteiger partial charge in [-0.25, -0.2) is 4.98 Å². The van der Waals surface area contributed by atoms with Crippen LogP contribution in [0, 0.1) is 0 Å². The van der Waals surface area contributed by atoms with E-state index in [0.29, 0.717) is 0 Å². The predicted octanol–water partition coefficient (Wildman–Crippen LogP) is 2.33. The molecule has 0 radical (unpaired) electrons. The monoisotopic (exact) mass is 215 g/mol. The number of aromatic nitrogens is 2. The van der Waals surface area contributed by atoms with Crippen molar-refractivity contribution in [1.82, 2.24) is 9.97 Å². The molecule has 0 spiro atoms. The third-order valence-electron chi connectivity index (χ3n) is 3.97. The molecule has 3 heteroatoms. The molecular formula is C13H17N3. The maximum absolute atomic E-state index is 6.02. The van der Waals surface area contributed by atoms with E-state index >= 15 is 0 Å². The van der Waals surface area contributed by atoms with Crippen LogP contribution in [0.25, 0.3) is 11.0 Å². The van der Waals surface area contributed by atoms with E-state index in [0.717, 1.165) is 12.2 Å². The summed E-state index contributed by atoms with van der Waals surface area (Å²) in [6.45, 7) is 0.745. The van der Waals surface area contributed by atoms with Gasteiger partial charge in [0.05, 0.1) is 0 Å². The van der Waals surface area contributed by atoms with Crippen LogP contribution in [0.4, 0.5) is 0 Å². The van der Waals surface area contributed by atoms with Crippen LogP contribution in [0.2, 0.25) is 0 Å². The first kappa shape index (κ1) is 9.85. The zero-order valence-corrected chi connectivity index (χ0v) is 9.37. The molecule has 2 heterocycles. The first-order valence-electron chi connectivity index (χ1n) is 5.98. The van der Waals surface area contributed by atoms with Crippen LogP contribution in [-0.2, 0) is 5.41 Å². The number of H-pyrrole nitrogens is 1. The average molecular weight is 215 g/mol. The van der Waals surface area contributed by atoms with Crippen LogP contribution < -0.4 is 5.73 Å². The van der Waals surface area contributed by atoms with E-state index in [4.69, 9.17) is 5.73 Å². The van der Waals surface area contributed by atoms with Crippen LogP contribution in [0.5, 0.6) is 0 Å². The molecule has 0 saturated heterocycles. The van der Waals surface area contributed by atoms with Gasteiger partial charge in [0.2, 0.25) is 0 Å². The minimum atomic E-state index is 0.196. The molecule has 84 valence electrons. The fourth-order valence-corrected chi connectivity index (χ4v) is 3.03. The van der Waals surface area contributed by atoms with Gasteiger partial charge in [0, 0.05) is 29.7 Å². The Labute approximate surface area is 95.1 Å². The highest BCUT2D eigenvalue weighted by molar-refractivity contribution is 5.81. The zero-order valence-electron chi connectivity index (χ0n) is 9.37. The van der Waals surface area contributed by atoms with Crippen molar-refractivity contribution >= 4 is 11.0 Å². The Bertz CT molecular complexity index is 495. The number of hydrogen-bond acceptors (Lipinski definition) is 2. The van der Waals surface area contributed by atoms with E-state index in [1.54, 1.807) is 0 Å². The summed E-state index contributed by atoms with van der Waals surface area (Å²) >= 11 is 0. The Morgan fingerprint density at radius 1 is 1.38 bits per heavy atom. The molecule has 3 rings (SSSR count). The molecule has 0 amide bonds. The maximum Gasteiger partial charge on any atom is 0.137 e. The van der Waals surface area contributed by atoms with Crippen LogP contribution >= 0.6 is 0 Å². The van der Waals surface area contributed by atoms with Crippen molar-refractivity contribution in [1.29, 1.82) is 0 Å². The normalized spacial score (nSPS) is 19.3. The molecule has 16 heavy (non-hydrogen) atoms. The Kier molecular flexibility index (Phi) is 2.21. The van der Waals surface area contributed by atoms with Gasteiger partial charge in [-0.15, -0.1) is 0 Å². The van der Waals surface area contributed by atoms with E-state index < -0.39 is 0 Å². The summed E-state index contributed by atoms with van der Waals surface area (Å²) in [5, 5.41) is 1.25. The van der Waals surface area contributed by atoms with Gasteiger partial charge in [-0.1, -0.05) is 12.8 Å². The Balaban J connectivity index is 2.17. The van der Waals surface area contributed by atoms with Crippen LogP contribution in [0.15, 0.2) is 24.5 Å². The quantitative estimate of drug-likeness (QED) is 0.807. The SMILES string of the molecule is NCC1(c2c[nH]c3ncccc23)CCCC1. The molecule has 3 nitrogen and oxygen atoms in total. The van der Waals surface area contributed by atoms with E-state index in [1.807, 2.05) is 12.3 Å². The second-order valence-corrected chi connectivity index (χ2v) is 4.79. The van der Waals surface area contributed by atoms with Crippen LogP contribution in [0.1, 0.15) is 31.2 Å². The summed E-state index contributed by atoms with van der Waals surface area (Å²) in [6.07, 6.45) is 8.95. The van der Waals surface area contributed by atoms with Gasteiger partial charge in [0.25, 0.3) is 0 Å². The van der Waals surface area contributed by atoms with Crippen molar-refractivity contribution in [2.45, 2.75) is 31.1 Å². The van der Waals surface area contributed by atoms with E-state index in [1.165, 1.54) is 36.6 Å². The lowest BCUT2D eigenvalue weighted by Crippen LogP contribution is -2.31. The van der Waals surface area contributed by atoms with Crippen molar-refractivity contribution in [3.63, 3.8) is 0 Å². The molecular weight excluding hydrogens is 198 g/mol. The molecule has 3 N–H and O–H groups in total. The second kappa shape index (κ2) is 3.59. The highest BCUT2D eigenvalue weighted by Gasteiger charge is 2.36. The lowest BCUT2D eigenvalue weighted by atomic mass is 9.79. The Morgan fingerprint density at radius 3 is 2.94 bits per heavy atom. The molecule has 1 fully saturated rings. The van der Waals surface area contributed by atoms with Crippen molar-refractivity contribution in [2.75, 3.05) is 6.54 Å². The smallest absolute Gasteiger partial charge is 0.137 e. The van der Waals surface area contributed by atoms with E-state index in [9.17, 15) is 0 Å². The highest BCUT2D eigenvalue weighted by atomic mass is 14.8. The van der Waals surface area contributed by atoms with Crippen molar-refractivity contribution < 1.29 is 0 Å². The summed E-state index contributed by atoms with van der Waals surface area (Å²) in [7, 11) is 0. The number of pyridine rings is 1. The fourth-order valence-electron chi connectivity index (χ4n) is 3.03. The van der Waals surface area contributed by atoms with E-state index in [2.05, 4.69) is 22.2 Å². The second-order valence-electron chi connectivity index (χ2n) is 4.79. The zero-order chi connectivity index (χ0) is 11.0. The number of fused-ring (bicyclic) bond motifs is 1. The largest absolute Gasteiger partial charge is 0.346 e. The van der Waals surface area contributed by atoms with Crippen molar-refractivity contribution in [3.8, 4) is 0 Å². The Hall–Kier alpha value is -1.35. The molecule has 1 aliphatic rings. The molecule has 2 aromatic heterocycles. The highest BCUT2D eigenvalue weighted by Crippen LogP contribution is 2.42. The Morgan fingerprint density at radius 2 is 2.19 bits per heavy atom. The number of nitrogens with one attached hydrogen (secondary N) is 1. The molecule has 0 unspecified atom stereocenters. The third-order valence-corrected chi connectivity index (χ3v) is 3.97. The first-order chi connectivity index (χ1) is 7.86.